The molecule has 1 amide bonds. The number of hydrogen-bond acceptors (Lipinski definition) is 8. The largest absolute Gasteiger partial charge is 0.497 e. The van der Waals surface area contributed by atoms with Crippen molar-refractivity contribution in [2.45, 2.75) is 30.7 Å². The summed E-state index contributed by atoms with van der Waals surface area (Å²) in [6.07, 6.45) is 2.08. The van der Waals surface area contributed by atoms with Gasteiger partial charge in [0.25, 0.3) is 5.22 Å². The number of carbonyl (C=O) groups is 1. The highest BCUT2D eigenvalue weighted by atomic mass is 32.2. The Hall–Kier alpha value is -3.20. The number of hydrogen-bond donors (Lipinski definition) is 0. The number of benzene rings is 2. The zero-order valence-electron chi connectivity index (χ0n) is 18.2. The summed E-state index contributed by atoms with van der Waals surface area (Å²) in [6, 6.07) is 13.5. The van der Waals surface area contributed by atoms with Crippen LogP contribution in [-0.2, 0) is 11.3 Å². The number of amides is 1. The van der Waals surface area contributed by atoms with E-state index < -0.39 is 0 Å². The Labute approximate surface area is 190 Å². The molecule has 0 unspecified atom stereocenters. The van der Waals surface area contributed by atoms with Gasteiger partial charge in [-0.25, -0.2) is 0 Å². The van der Waals surface area contributed by atoms with Crippen LogP contribution in [0.2, 0.25) is 0 Å². The molecular formula is C23H25N3O5S. The molecule has 0 bridgehead atoms. The second-order valence-electron chi connectivity index (χ2n) is 7.33. The number of ether oxygens (including phenoxy) is 3. The average molecular weight is 456 g/mol. The molecule has 0 N–H and O–H groups in total. The van der Waals surface area contributed by atoms with Gasteiger partial charge in [0.2, 0.25) is 11.8 Å². The van der Waals surface area contributed by atoms with E-state index in [1.54, 1.807) is 33.5 Å². The molecule has 3 aromatic rings. The molecule has 32 heavy (non-hydrogen) atoms. The number of thioether (sulfide) groups is 1. The van der Waals surface area contributed by atoms with E-state index in [0.29, 0.717) is 40.8 Å². The number of carbonyl (C=O) groups excluding carboxylic acids is 1. The molecule has 1 aromatic heterocycles. The van der Waals surface area contributed by atoms with Crippen LogP contribution in [0.5, 0.6) is 17.2 Å². The van der Waals surface area contributed by atoms with E-state index in [0.717, 1.165) is 24.2 Å². The maximum Gasteiger partial charge on any atom is 0.277 e. The van der Waals surface area contributed by atoms with Gasteiger partial charge in [-0.3, -0.25) is 4.79 Å². The molecule has 0 atom stereocenters. The third-order valence-corrected chi connectivity index (χ3v) is 5.98. The summed E-state index contributed by atoms with van der Waals surface area (Å²) in [4.78, 5) is 14.8. The highest BCUT2D eigenvalue weighted by Gasteiger charge is 2.32. The van der Waals surface area contributed by atoms with Crippen molar-refractivity contribution >= 4 is 17.7 Å². The maximum atomic E-state index is 12.9. The quantitative estimate of drug-likeness (QED) is 0.423. The molecule has 0 aliphatic heterocycles. The molecule has 0 radical (unpaired) electrons. The summed E-state index contributed by atoms with van der Waals surface area (Å²) in [5.41, 5.74) is 1.79. The first kappa shape index (κ1) is 22.0. The Balaban J connectivity index is 1.38. The second-order valence-corrected chi connectivity index (χ2v) is 8.26. The van der Waals surface area contributed by atoms with Gasteiger partial charge in [0, 0.05) is 18.2 Å². The SMILES string of the molecule is COc1ccc(CN(C(=O)CSc2nnc(-c3ccc(OC)c(OC)c3)o2)C2CC2)cc1. The van der Waals surface area contributed by atoms with Crippen LogP contribution < -0.4 is 14.2 Å². The van der Waals surface area contributed by atoms with Crippen molar-refractivity contribution in [2.75, 3.05) is 27.1 Å². The maximum absolute atomic E-state index is 12.9. The summed E-state index contributed by atoms with van der Waals surface area (Å²) in [7, 11) is 4.79. The van der Waals surface area contributed by atoms with E-state index in [-0.39, 0.29) is 11.7 Å². The minimum absolute atomic E-state index is 0.0548. The number of nitrogens with zero attached hydrogens (tertiary/aromatic N) is 3. The fraction of sp³-hybridized carbons (Fsp3) is 0.348. The molecular weight excluding hydrogens is 430 g/mol. The van der Waals surface area contributed by atoms with Crippen molar-refractivity contribution in [3.05, 3.63) is 48.0 Å². The van der Waals surface area contributed by atoms with Gasteiger partial charge >= 0.3 is 0 Å². The van der Waals surface area contributed by atoms with Crippen LogP contribution in [0.4, 0.5) is 0 Å². The highest BCUT2D eigenvalue weighted by Crippen LogP contribution is 2.33. The molecule has 168 valence electrons. The lowest BCUT2D eigenvalue weighted by molar-refractivity contribution is -0.129. The highest BCUT2D eigenvalue weighted by molar-refractivity contribution is 7.99. The normalized spacial score (nSPS) is 13.0. The van der Waals surface area contributed by atoms with Crippen molar-refractivity contribution in [3.63, 3.8) is 0 Å². The topological polar surface area (TPSA) is 86.9 Å². The van der Waals surface area contributed by atoms with Crippen LogP contribution in [-0.4, -0.2) is 54.1 Å². The van der Waals surface area contributed by atoms with Crippen molar-refractivity contribution in [3.8, 4) is 28.7 Å². The van der Waals surface area contributed by atoms with E-state index in [4.69, 9.17) is 18.6 Å². The molecule has 9 heteroatoms. The Morgan fingerprint density at radius 3 is 2.44 bits per heavy atom. The minimum atomic E-state index is 0.0548. The smallest absolute Gasteiger partial charge is 0.277 e. The fourth-order valence-corrected chi connectivity index (χ4v) is 3.94. The number of methoxy groups -OCH3 is 3. The first-order valence-corrected chi connectivity index (χ1v) is 11.2. The molecule has 1 aliphatic carbocycles. The lowest BCUT2D eigenvalue weighted by Crippen LogP contribution is -2.33. The van der Waals surface area contributed by atoms with E-state index in [1.807, 2.05) is 35.2 Å². The average Bonchev–Trinajstić information content (AvgIpc) is 3.57. The van der Waals surface area contributed by atoms with Crippen molar-refractivity contribution in [1.82, 2.24) is 15.1 Å². The lowest BCUT2D eigenvalue weighted by atomic mass is 10.2. The van der Waals surface area contributed by atoms with Crippen LogP contribution in [0.15, 0.2) is 52.1 Å². The minimum Gasteiger partial charge on any atom is -0.497 e. The molecule has 0 saturated heterocycles. The van der Waals surface area contributed by atoms with Gasteiger partial charge in [0.1, 0.15) is 5.75 Å². The van der Waals surface area contributed by atoms with Crippen molar-refractivity contribution in [1.29, 1.82) is 0 Å². The molecule has 1 saturated carbocycles. The van der Waals surface area contributed by atoms with Gasteiger partial charge < -0.3 is 23.5 Å². The van der Waals surface area contributed by atoms with Gasteiger partial charge in [0.05, 0.1) is 27.1 Å². The molecule has 0 spiro atoms. The number of aromatic nitrogens is 2. The van der Waals surface area contributed by atoms with Gasteiger partial charge in [-0.05, 0) is 48.7 Å². The third-order valence-electron chi connectivity index (χ3n) is 5.18. The molecule has 1 fully saturated rings. The van der Waals surface area contributed by atoms with E-state index in [2.05, 4.69) is 10.2 Å². The molecule has 2 aromatic carbocycles. The Kier molecular flexibility index (Phi) is 6.84. The van der Waals surface area contributed by atoms with Gasteiger partial charge in [-0.2, -0.15) is 0 Å². The molecule has 8 nitrogen and oxygen atoms in total. The summed E-state index contributed by atoms with van der Waals surface area (Å²) in [6.45, 7) is 0.578. The zero-order valence-corrected chi connectivity index (χ0v) is 19.1. The van der Waals surface area contributed by atoms with Crippen LogP contribution >= 0.6 is 11.8 Å². The molecule has 1 heterocycles. The standard InChI is InChI=1S/C23H25N3O5S/c1-28-18-9-4-15(5-10-18)13-26(17-7-8-17)21(27)14-32-23-25-24-22(31-23)16-6-11-19(29-2)20(12-16)30-3/h4-6,9-12,17H,7-8,13-14H2,1-3H3. The predicted octanol–water partition coefficient (Wildman–Crippen LogP) is 4.05. The summed E-state index contributed by atoms with van der Waals surface area (Å²) < 4.78 is 21.5. The van der Waals surface area contributed by atoms with Gasteiger partial charge in [-0.1, -0.05) is 23.9 Å². The Bertz CT molecular complexity index is 1070. The summed E-state index contributed by atoms with van der Waals surface area (Å²) in [5.74, 6) is 2.65. The summed E-state index contributed by atoms with van der Waals surface area (Å²) >= 11 is 1.24. The first-order valence-electron chi connectivity index (χ1n) is 10.2. The monoisotopic (exact) mass is 455 g/mol. The van der Waals surface area contributed by atoms with Crippen LogP contribution in [0.25, 0.3) is 11.5 Å². The zero-order chi connectivity index (χ0) is 22.5. The Morgan fingerprint density at radius 2 is 1.78 bits per heavy atom. The number of rotatable bonds is 10. The molecule has 4 rings (SSSR count). The van der Waals surface area contributed by atoms with E-state index in [1.165, 1.54) is 11.8 Å². The molecule has 1 aliphatic rings. The van der Waals surface area contributed by atoms with Crippen molar-refractivity contribution in [2.24, 2.45) is 0 Å². The first-order chi connectivity index (χ1) is 15.6. The van der Waals surface area contributed by atoms with Crippen molar-refractivity contribution < 1.29 is 23.4 Å². The lowest BCUT2D eigenvalue weighted by Gasteiger charge is -2.22. The van der Waals surface area contributed by atoms with Gasteiger partial charge in [0.15, 0.2) is 11.5 Å². The van der Waals surface area contributed by atoms with E-state index in [9.17, 15) is 4.79 Å². The fourth-order valence-electron chi connectivity index (χ4n) is 3.30. The summed E-state index contributed by atoms with van der Waals surface area (Å²) in [5, 5.41) is 8.53. The van der Waals surface area contributed by atoms with Crippen LogP contribution in [0, 0.1) is 0 Å². The predicted molar refractivity (Wildman–Crippen MR) is 120 cm³/mol. The van der Waals surface area contributed by atoms with Gasteiger partial charge in [-0.15, -0.1) is 10.2 Å². The van der Waals surface area contributed by atoms with Crippen LogP contribution in [0.1, 0.15) is 18.4 Å². The second kappa shape index (κ2) is 9.95. The third kappa shape index (κ3) is 5.16. The Morgan fingerprint density at radius 1 is 1.03 bits per heavy atom. The van der Waals surface area contributed by atoms with E-state index >= 15 is 0 Å². The van der Waals surface area contributed by atoms with Crippen LogP contribution in [0.3, 0.4) is 0 Å².